The monoisotopic (exact) mass is 267 g/mol. The number of methoxy groups -OCH3 is 3. The topological polar surface area (TPSA) is 60.0 Å². The van der Waals surface area contributed by atoms with Crippen molar-refractivity contribution in [3.63, 3.8) is 0 Å². The molecule has 2 N–H and O–H groups in total. The van der Waals surface area contributed by atoms with Crippen LogP contribution < -0.4 is 19.5 Å². The number of anilines is 1. The third-order valence-corrected chi connectivity index (χ3v) is 3.50. The number of aliphatic hydroxyl groups excluding tert-OH is 1. The Kier molecular flexibility index (Phi) is 4.37. The standard InChI is InChI=1S/C14H21NO4/c1-17-12-7-9(8-13(18-2)14(12)19-3)15-10-5-4-6-11(10)16/h7-8,10-11,15-16H,4-6H2,1-3H3/t10-,11-/m1/s1. The molecule has 0 radical (unpaired) electrons. The van der Waals surface area contributed by atoms with Gasteiger partial charge in [0.1, 0.15) is 0 Å². The van der Waals surface area contributed by atoms with Crippen LogP contribution >= 0.6 is 0 Å². The Morgan fingerprint density at radius 1 is 1.05 bits per heavy atom. The Morgan fingerprint density at radius 2 is 1.68 bits per heavy atom. The highest BCUT2D eigenvalue weighted by molar-refractivity contribution is 5.62. The van der Waals surface area contributed by atoms with Crippen molar-refractivity contribution in [2.75, 3.05) is 26.6 Å². The van der Waals surface area contributed by atoms with Crippen LogP contribution in [0.3, 0.4) is 0 Å². The number of ether oxygens (including phenoxy) is 3. The molecule has 2 atom stereocenters. The molecule has 106 valence electrons. The lowest BCUT2D eigenvalue weighted by molar-refractivity contribution is 0.172. The molecule has 1 aromatic rings. The summed E-state index contributed by atoms with van der Waals surface area (Å²) in [5, 5.41) is 13.2. The summed E-state index contributed by atoms with van der Waals surface area (Å²) in [5.74, 6) is 1.79. The van der Waals surface area contributed by atoms with Gasteiger partial charge in [-0.25, -0.2) is 0 Å². The Balaban J connectivity index is 2.25. The summed E-state index contributed by atoms with van der Waals surface area (Å²) in [6.07, 6.45) is 2.57. The minimum Gasteiger partial charge on any atom is -0.493 e. The zero-order chi connectivity index (χ0) is 13.8. The molecule has 1 aliphatic carbocycles. The number of nitrogens with one attached hydrogen (secondary N) is 1. The van der Waals surface area contributed by atoms with Crippen LogP contribution in [0.2, 0.25) is 0 Å². The predicted molar refractivity (Wildman–Crippen MR) is 73.4 cm³/mol. The molecule has 5 heteroatoms. The van der Waals surface area contributed by atoms with Gasteiger partial charge in [-0.3, -0.25) is 0 Å². The summed E-state index contributed by atoms with van der Waals surface area (Å²) in [7, 11) is 4.76. The van der Waals surface area contributed by atoms with E-state index in [0.29, 0.717) is 17.2 Å². The van der Waals surface area contributed by atoms with Crippen molar-refractivity contribution in [2.24, 2.45) is 0 Å². The van der Waals surface area contributed by atoms with Gasteiger partial charge in [-0.1, -0.05) is 0 Å². The lowest BCUT2D eigenvalue weighted by Gasteiger charge is -2.20. The molecule has 19 heavy (non-hydrogen) atoms. The van der Waals surface area contributed by atoms with Crippen LogP contribution in [-0.2, 0) is 0 Å². The molecule has 5 nitrogen and oxygen atoms in total. The molecule has 0 unspecified atom stereocenters. The Bertz CT molecular complexity index is 410. The van der Waals surface area contributed by atoms with Crippen molar-refractivity contribution in [3.8, 4) is 17.2 Å². The summed E-state index contributed by atoms with van der Waals surface area (Å²) < 4.78 is 15.9. The van der Waals surface area contributed by atoms with Crippen LogP contribution in [0.1, 0.15) is 19.3 Å². The van der Waals surface area contributed by atoms with Crippen molar-refractivity contribution in [2.45, 2.75) is 31.4 Å². The maximum absolute atomic E-state index is 9.85. The van der Waals surface area contributed by atoms with E-state index in [1.165, 1.54) is 0 Å². The van der Waals surface area contributed by atoms with E-state index in [9.17, 15) is 5.11 Å². The number of hydrogen-bond donors (Lipinski definition) is 2. The van der Waals surface area contributed by atoms with Gasteiger partial charge in [-0.2, -0.15) is 0 Å². The first kappa shape index (κ1) is 13.8. The first-order chi connectivity index (χ1) is 9.19. The van der Waals surface area contributed by atoms with E-state index in [0.717, 1.165) is 24.9 Å². The molecule has 0 aromatic heterocycles. The normalized spacial score (nSPS) is 22.1. The summed E-state index contributed by atoms with van der Waals surface area (Å²) in [5.41, 5.74) is 0.862. The fourth-order valence-corrected chi connectivity index (χ4v) is 2.49. The molecule has 1 aromatic carbocycles. The number of rotatable bonds is 5. The smallest absolute Gasteiger partial charge is 0.203 e. The molecule has 0 amide bonds. The highest BCUT2D eigenvalue weighted by Gasteiger charge is 2.25. The average Bonchev–Trinajstić information content (AvgIpc) is 2.83. The molecular formula is C14H21NO4. The average molecular weight is 267 g/mol. The van der Waals surface area contributed by atoms with E-state index in [-0.39, 0.29) is 12.1 Å². The van der Waals surface area contributed by atoms with Gasteiger partial charge in [0, 0.05) is 17.8 Å². The summed E-state index contributed by atoms with van der Waals surface area (Å²) in [4.78, 5) is 0. The van der Waals surface area contributed by atoms with Crippen LogP contribution in [0, 0.1) is 0 Å². The largest absolute Gasteiger partial charge is 0.493 e. The highest BCUT2D eigenvalue weighted by atomic mass is 16.5. The van der Waals surface area contributed by atoms with Gasteiger partial charge in [-0.05, 0) is 19.3 Å². The van der Waals surface area contributed by atoms with Crippen molar-refractivity contribution in [1.29, 1.82) is 0 Å². The van der Waals surface area contributed by atoms with E-state index < -0.39 is 0 Å². The van der Waals surface area contributed by atoms with Crippen LogP contribution in [-0.4, -0.2) is 38.6 Å². The van der Waals surface area contributed by atoms with E-state index in [4.69, 9.17) is 14.2 Å². The summed E-state index contributed by atoms with van der Waals surface area (Å²) >= 11 is 0. The van der Waals surface area contributed by atoms with Gasteiger partial charge in [0.05, 0.1) is 33.5 Å². The van der Waals surface area contributed by atoms with Crippen LogP contribution in [0.25, 0.3) is 0 Å². The quantitative estimate of drug-likeness (QED) is 0.855. The Hall–Kier alpha value is -1.62. The molecular weight excluding hydrogens is 246 g/mol. The fourth-order valence-electron chi connectivity index (χ4n) is 2.49. The molecule has 2 rings (SSSR count). The van der Waals surface area contributed by atoms with Gasteiger partial charge in [0.2, 0.25) is 5.75 Å². The number of hydrogen-bond acceptors (Lipinski definition) is 5. The van der Waals surface area contributed by atoms with Gasteiger partial charge in [0.15, 0.2) is 11.5 Å². The lowest BCUT2D eigenvalue weighted by atomic mass is 10.2. The second-order valence-corrected chi connectivity index (χ2v) is 4.66. The second-order valence-electron chi connectivity index (χ2n) is 4.66. The summed E-state index contributed by atoms with van der Waals surface area (Å²) in [6.45, 7) is 0. The molecule has 0 spiro atoms. The van der Waals surface area contributed by atoms with Crippen molar-refractivity contribution >= 4 is 5.69 Å². The first-order valence-electron chi connectivity index (χ1n) is 6.44. The van der Waals surface area contributed by atoms with Crippen molar-refractivity contribution in [1.82, 2.24) is 0 Å². The minimum atomic E-state index is -0.293. The zero-order valence-electron chi connectivity index (χ0n) is 11.6. The van der Waals surface area contributed by atoms with Crippen LogP contribution in [0.5, 0.6) is 17.2 Å². The molecule has 1 aliphatic rings. The van der Waals surface area contributed by atoms with Crippen LogP contribution in [0.15, 0.2) is 12.1 Å². The van der Waals surface area contributed by atoms with E-state index in [2.05, 4.69) is 5.32 Å². The minimum absolute atomic E-state index is 0.0859. The van der Waals surface area contributed by atoms with Crippen molar-refractivity contribution in [3.05, 3.63) is 12.1 Å². The maximum Gasteiger partial charge on any atom is 0.203 e. The third-order valence-electron chi connectivity index (χ3n) is 3.50. The fraction of sp³-hybridized carbons (Fsp3) is 0.571. The molecule has 0 heterocycles. The predicted octanol–water partition coefficient (Wildman–Crippen LogP) is 2.04. The molecule has 0 saturated heterocycles. The van der Waals surface area contributed by atoms with Crippen LogP contribution in [0.4, 0.5) is 5.69 Å². The van der Waals surface area contributed by atoms with Gasteiger partial charge in [-0.15, -0.1) is 0 Å². The van der Waals surface area contributed by atoms with Gasteiger partial charge >= 0.3 is 0 Å². The maximum atomic E-state index is 9.85. The molecule has 1 fully saturated rings. The second kappa shape index (κ2) is 6.02. The molecule has 1 saturated carbocycles. The van der Waals surface area contributed by atoms with Gasteiger partial charge < -0.3 is 24.6 Å². The van der Waals surface area contributed by atoms with E-state index in [1.54, 1.807) is 21.3 Å². The van der Waals surface area contributed by atoms with E-state index >= 15 is 0 Å². The Morgan fingerprint density at radius 3 is 2.11 bits per heavy atom. The zero-order valence-corrected chi connectivity index (χ0v) is 11.6. The first-order valence-corrected chi connectivity index (χ1v) is 6.44. The number of benzene rings is 1. The summed E-state index contributed by atoms with van der Waals surface area (Å²) in [6, 6.07) is 3.79. The SMILES string of the molecule is COc1cc(N[C@@H]2CCC[C@H]2O)cc(OC)c1OC. The lowest BCUT2D eigenvalue weighted by Crippen LogP contribution is -2.27. The number of aliphatic hydroxyl groups is 1. The van der Waals surface area contributed by atoms with Gasteiger partial charge in [0.25, 0.3) is 0 Å². The third kappa shape index (κ3) is 2.87. The molecule has 0 aliphatic heterocycles. The highest BCUT2D eigenvalue weighted by Crippen LogP contribution is 2.40. The van der Waals surface area contributed by atoms with E-state index in [1.807, 2.05) is 12.1 Å². The molecule has 0 bridgehead atoms. The Labute approximate surface area is 113 Å². The van der Waals surface area contributed by atoms with Crippen molar-refractivity contribution < 1.29 is 19.3 Å².